The van der Waals surface area contributed by atoms with Gasteiger partial charge in [0, 0.05) is 31.1 Å². The summed E-state index contributed by atoms with van der Waals surface area (Å²) >= 11 is 0. The van der Waals surface area contributed by atoms with E-state index in [9.17, 15) is 22.8 Å². The Morgan fingerprint density at radius 3 is 2.44 bits per heavy atom. The Balaban J connectivity index is 1.45. The fourth-order valence-corrected chi connectivity index (χ4v) is 9.01. The van der Waals surface area contributed by atoms with Gasteiger partial charge in [-0.25, -0.2) is 8.42 Å². The van der Waals surface area contributed by atoms with Crippen molar-refractivity contribution >= 4 is 33.2 Å². The highest BCUT2D eigenvalue weighted by Gasteiger charge is 2.58. The van der Waals surface area contributed by atoms with Crippen molar-refractivity contribution in [3.63, 3.8) is 0 Å². The number of carbonyl (C=O) groups is 3. The van der Waals surface area contributed by atoms with Crippen LogP contribution in [0.25, 0.3) is 0 Å². The Morgan fingerprint density at radius 2 is 1.74 bits per heavy atom. The molecule has 1 saturated heterocycles. The molecule has 10 heteroatoms. The van der Waals surface area contributed by atoms with E-state index in [4.69, 9.17) is 0 Å². The smallest absolute Gasteiger partial charge is 0.245 e. The van der Waals surface area contributed by atoms with Gasteiger partial charge in [-0.05, 0) is 69.5 Å². The SMILES string of the molecule is CN[C@@H](C)C(=O)NC(C(=O)N1CC[C@@H]2[C@H]1[C@@H](C(=O)N1CCc3ccccc31)C[C@@H]2S(C)(=O)=O)C1CCCCC1. The first-order valence-electron chi connectivity index (χ1n) is 14.5. The number of para-hydroxylation sites is 1. The standard InChI is InChI=1S/C29H42N4O5S/c1-18(30-2)27(34)31-25(20-10-5-4-6-11-20)29(36)33-16-14-21-24(39(3,37)38)17-22(26(21)33)28(35)32-15-13-19-9-7-8-12-23(19)32/h7-9,12,18,20-22,24-26,30H,4-6,10-11,13-17H2,1-3H3,(H,31,34)/t18-,21-,22-,24-,25?,26-/m0/s1. The van der Waals surface area contributed by atoms with E-state index in [1.54, 1.807) is 23.8 Å². The quantitative estimate of drug-likeness (QED) is 0.528. The first-order valence-corrected chi connectivity index (χ1v) is 16.4. The lowest BCUT2D eigenvalue weighted by molar-refractivity contribution is -0.141. The molecule has 2 aliphatic heterocycles. The lowest BCUT2D eigenvalue weighted by Gasteiger charge is -2.37. The van der Waals surface area contributed by atoms with Crippen molar-refractivity contribution in [2.24, 2.45) is 17.8 Å². The molecule has 2 saturated carbocycles. The predicted molar refractivity (Wildman–Crippen MR) is 150 cm³/mol. The zero-order valence-corrected chi connectivity index (χ0v) is 24.1. The summed E-state index contributed by atoms with van der Waals surface area (Å²) in [6, 6.07) is 6.24. The third-order valence-electron chi connectivity index (χ3n) is 9.69. The van der Waals surface area contributed by atoms with E-state index in [2.05, 4.69) is 10.6 Å². The summed E-state index contributed by atoms with van der Waals surface area (Å²) < 4.78 is 25.8. The second-order valence-corrected chi connectivity index (χ2v) is 14.2. The number of benzene rings is 1. The highest BCUT2D eigenvalue weighted by molar-refractivity contribution is 7.91. The lowest BCUT2D eigenvalue weighted by Crippen LogP contribution is -2.58. The number of rotatable bonds is 7. The Labute approximate surface area is 232 Å². The second-order valence-electron chi connectivity index (χ2n) is 11.9. The summed E-state index contributed by atoms with van der Waals surface area (Å²) in [6.45, 7) is 2.73. The molecule has 0 spiro atoms. The van der Waals surface area contributed by atoms with E-state index in [-0.39, 0.29) is 36.0 Å². The number of sulfone groups is 1. The van der Waals surface area contributed by atoms with Gasteiger partial charge in [0.05, 0.1) is 17.2 Å². The van der Waals surface area contributed by atoms with Crippen LogP contribution in [0.3, 0.4) is 0 Å². The van der Waals surface area contributed by atoms with Crippen molar-refractivity contribution in [2.45, 2.75) is 81.7 Å². The zero-order chi connectivity index (χ0) is 27.9. The molecule has 1 aromatic rings. The fourth-order valence-electron chi connectivity index (χ4n) is 7.53. The molecular weight excluding hydrogens is 516 g/mol. The second kappa shape index (κ2) is 11.2. The molecule has 4 aliphatic rings. The van der Waals surface area contributed by atoms with Crippen LogP contribution in [0.4, 0.5) is 5.69 Å². The Morgan fingerprint density at radius 1 is 1.03 bits per heavy atom. The van der Waals surface area contributed by atoms with Gasteiger partial charge in [-0.2, -0.15) is 0 Å². The summed E-state index contributed by atoms with van der Waals surface area (Å²) in [5.74, 6) is -1.33. The van der Waals surface area contributed by atoms with Gasteiger partial charge in [-0.15, -0.1) is 0 Å². The molecule has 2 heterocycles. The molecule has 3 fully saturated rings. The monoisotopic (exact) mass is 558 g/mol. The highest BCUT2D eigenvalue weighted by atomic mass is 32.2. The van der Waals surface area contributed by atoms with Crippen LogP contribution in [0, 0.1) is 17.8 Å². The maximum Gasteiger partial charge on any atom is 0.245 e. The van der Waals surface area contributed by atoms with E-state index in [0.717, 1.165) is 49.8 Å². The number of likely N-dealkylation sites (N-methyl/N-ethyl adjacent to an activating group) is 1. The first kappa shape index (κ1) is 28.1. The number of nitrogens with zero attached hydrogens (tertiary/aromatic N) is 2. The fraction of sp³-hybridized carbons (Fsp3) is 0.690. The molecule has 0 bridgehead atoms. The predicted octanol–water partition coefficient (Wildman–Crippen LogP) is 1.90. The van der Waals surface area contributed by atoms with Crippen molar-refractivity contribution in [3.8, 4) is 0 Å². The average molecular weight is 559 g/mol. The van der Waals surface area contributed by atoms with Gasteiger partial charge in [0.2, 0.25) is 17.7 Å². The molecule has 2 N–H and O–H groups in total. The molecule has 3 amide bonds. The molecule has 0 aromatic heterocycles. The van der Waals surface area contributed by atoms with Crippen molar-refractivity contribution < 1.29 is 22.8 Å². The molecule has 214 valence electrons. The number of hydrogen-bond acceptors (Lipinski definition) is 6. The number of hydrogen-bond donors (Lipinski definition) is 2. The maximum atomic E-state index is 14.3. The largest absolute Gasteiger partial charge is 0.343 e. The van der Waals surface area contributed by atoms with Crippen molar-refractivity contribution in [1.29, 1.82) is 0 Å². The van der Waals surface area contributed by atoms with Gasteiger partial charge < -0.3 is 20.4 Å². The number of likely N-dealkylation sites (tertiary alicyclic amines) is 1. The molecule has 1 unspecified atom stereocenters. The highest BCUT2D eigenvalue weighted by Crippen LogP contribution is 2.47. The Bertz CT molecular complexity index is 1210. The first-order chi connectivity index (χ1) is 18.6. The van der Waals surface area contributed by atoms with Gasteiger partial charge in [-0.3, -0.25) is 14.4 Å². The molecular formula is C29H42N4O5S. The normalized spacial score (nSPS) is 28.6. The summed E-state index contributed by atoms with van der Waals surface area (Å²) in [4.78, 5) is 44.9. The van der Waals surface area contributed by atoms with Crippen LogP contribution >= 0.6 is 0 Å². The lowest BCUT2D eigenvalue weighted by atomic mass is 9.83. The maximum absolute atomic E-state index is 14.3. The molecule has 2 aliphatic carbocycles. The van der Waals surface area contributed by atoms with Crippen LogP contribution in [0.1, 0.15) is 57.4 Å². The molecule has 1 aromatic carbocycles. The number of anilines is 1. The summed E-state index contributed by atoms with van der Waals surface area (Å²) in [7, 11) is -1.71. The van der Waals surface area contributed by atoms with E-state index in [1.165, 1.54) is 6.26 Å². The van der Waals surface area contributed by atoms with Crippen LogP contribution in [-0.2, 0) is 30.6 Å². The molecule has 9 nitrogen and oxygen atoms in total. The molecule has 5 rings (SSSR count). The number of fused-ring (bicyclic) bond motifs is 2. The van der Waals surface area contributed by atoms with Crippen LogP contribution < -0.4 is 15.5 Å². The summed E-state index contributed by atoms with van der Waals surface area (Å²) in [5, 5.41) is 5.34. The summed E-state index contributed by atoms with van der Waals surface area (Å²) in [5.41, 5.74) is 1.99. The van der Waals surface area contributed by atoms with Crippen molar-refractivity contribution in [2.75, 3.05) is 31.3 Å². The minimum absolute atomic E-state index is 0.0324. The molecule has 39 heavy (non-hydrogen) atoms. The Kier molecular flexibility index (Phi) is 8.06. The van der Waals surface area contributed by atoms with Gasteiger partial charge in [0.15, 0.2) is 9.84 Å². The minimum Gasteiger partial charge on any atom is -0.343 e. The topological polar surface area (TPSA) is 116 Å². The van der Waals surface area contributed by atoms with E-state index in [0.29, 0.717) is 19.5 Å². The van der Waals surface area contributed by atoms with Crippen molar-refractivity contribution in [1.82, 2.24) is 15.5 Å². The number of carbonyl (C=O) groups excluding carboxylic acids is 3. The third-order valence-corrected chi connectivity index (χ3v) is 11.3. The minimum atomic E-state index is -3.42. The van der Waals surface area contributed by atoms with Crippen LogP contribution in [0.5, 0.6) is 0 Å². The van der Waals surface area contributed by atoms with Gasteiger partial charge >= 0.3 is 0 Å². The zero-order valence-electron chi connectivity index (χ0n) is 23.3. The summed E-state index contributed by atoms with van der Waals surface area (Å²) in [6.07, 6.45) is 7.68. The third kappa shape index (κ3) is 5.34. The van der Waals surface area contributed by atoms with E-state index in [1.807, 2.05) is 24.3 Å². The van der Waals surface area contributed by atoms with Crippen LogP contribution in [0.2, 0.25) is 0 Å². The number of nitrogens with one attached hydrogen (secondary N) is 2. The number of amides is 3. The van der Waals surface area contributed by atoms with Crippen LogP contribution in [-0.4, -0.2) is 80.8 Å². The van der Waals surface area contributed by atoms with E-state index < -0.39 is 39.1 Å². The van der Waals surface area contributed by atoms with Gasteiger partial charge in [-0.1, -0.05) is 37.5 Å². The van der Waals surface area contributed by atoms with Crippen LogP contribution in [0.15, 0.2) is 24.3 Å². The van der Waals surface area contributed by atoms with Gasteiger partial charge in [0.25, 0.3) is 0 Å². The van der Waals surface area contributed by atoms with Gasteiger partial charge in [0.1, 0.15) is 6.04 Å². The molecule has 6 atom stereocenters. The molecule has 0 radical (unpaired) electrons. The Hall–Kier alpha value is -2.46. The average Bonchev–Trinajstić information content (AvgIpc) is 3.64. The van der Waals surface area contributed by atoms with Crippen molar-refractivity contribution in [3.05, 3.63) is 29.8 Å². The van der Waals surface area contributed by atoms with E-state index >= 15 is 0 Å².